The summed E-state index contributed by atoms with van der Waals surface area (Å²) in [5.74, 6) is 1.16. The molecule has 1 saturated heterocycles. The number of aryl methyl sites for hydroxylation is 1. The molecule has 3 aromatic rings. The van der Waals surface area contributed by atoms with Gasteiger partial charge in [0.1, 0.15) is 23.1 Å². The number of H-pyrrole nitrogens is 1. The van der Waals surface area contributed by atoms with Crippen molar-refractivity contribution >= 4 is 23.2 Å². The predicted molar refractivity (Wildman–Crippen MR) is 145 cm³/mol. The third-order valence-corrected chi connectivity index (χ3v) is 7.95. The molecule has 206 valence electrons. The molecule has 5 rings (SSSR count). The third kappa shape index (κ3) is 4.87. The van der Waals surface area contributed by atoms with Gasteiger partial charge in [-0.1, -0.05) is 20.8 Å². The lowest BCUT2D eigenvalue weighted by Gasteiger charge is -2.37. The Balaban J connectivity index is 1.62. The van der Waals surface area contributed by atoms with E-state index in [-0.39, 0.29) is 46.4 Å². The maximum atomic E-state index is 13.8. The first-order valence-corrected chi connectivity index (χ1v) is 13.5. The minimum Gasteiger partial charge on any atom is -0.496 e. The summed E-state index contributed by atoms with van der Waals surface area (Å²) in [6.45, 7) is 17.9. The number of nitrogens with zero attached hydrogens (tertiary/aromatic N) is 4. The van der Waals surface area contributed by atoms with Crippen LogP contribution < -0.4 is 4.74 Å². The van der Waals surface area contributed by atoms with E-state index in [0.29, 0.717) is 38.0 Å². The fourth-order valence-electron chi connectivity index (χ4n) is 6.17. The first kappa shape index (κ1) is 26.8. The smallest absolute Gasteiger partial charge is 0.331 e. The molecule has 0 bridgehead atoms. The summed E-state index contributed by atoms with van der Waals surface area (Å²) < 4.78 is 18.4. The van der Waals surface area contributed by atoms with E-state index >= 15 is 0 Å². The molecular formula is C29H35N5O5. The van der Waals surface area contributed by atoms with Gasteiger partial charge >= 0.3 is 5.97 Å². The first-order valence-electron chi connectivity index (χ1n) is 13.5. The van der Waals surface area contributed by atoms with Gasteiger partial charge in [0.05, 0.1) is 26.9 Å². The van der Waals surface area contributed by atoms with Crippen molar-refractivity contribution in [3.05, 3.63) is 46.4 Å². The van der Waals surface area contributed by atoms with E-state index in [0.717, 1.165) is 29.7 Å². The summed E-state index contributed by atoms with van der Waals surface area (Å²) >= 11 is 0. The molecule has 0 radical (unpaired) electrons. The molecule has 1 aromatic carbocycles. The van der Waals surface area contributed by atoms with E-state index in [9.17, 15) is 9.59 Å². The molecule has 1 saturated carbocycles. The van der Waals surface area contributed by atoms with E-state index in [2.05, 4.69) is 30.7 Å². The molecule has 10 heteroatoms. The molecule has 2 aromatic heterocycles. The highest BCUT2D eigenvalue weighted by atomic mass is 16.5. The maximum absolute atomic E-state index is 13.8. The molecule has 1 amide bonds. The van der Waals surface area contributed by atoms with Crippen molar-refractivity contribution in [1.82, 2.24) is 19.5 Å². The number of hydrogen-bond donors (Lipinski definition) is 1. The van der Waals surface area contributed by atoms with Crippen molar-refractivity contribution in [3.63, 3.8) is 0 Å². The molecule has 1 aliphatic carbocycles. The number of carbonyl (C=O) groups is 2. The van der Waals surface area contributed by atoms with Gasteiger partial charge in [0, 0.05) is 18.7 Å². The molecular weight excluding hydrogens is 498 g/mol. The van der Waals surface area contributed by atoms with Crippen LogP contribution in [-0.2, 0) is 9.47 Å². The molecule has 1 N–H and O–H groups in total. The number of benzene rings is 1. The van der Waals surface area contributed by atoms with Crippen LogP contribution in [0.3, 0.4) is 0 Å². The highest BCUT2D eigenvalue weighted by molar-refractivity contribution is 6.11. The number of aromatic amines is 1. The summed E-state index contributed by atoms with van der Waals surface area (Å²) in [5.41, 5.74) is 1.93. The van der Waals surface area contributed by atoms with Crippen molar-refractivity contribution in [3.8, 4) is 17.1 Å². The number of rotatable bonds is 5. The molecule has 39 heavy (non-hydrogen) atoms. The van der Waals surface area contributed by atoms with Crippen LogP contribution >= 0.6 is 0 Å². The SMILES string of the molecule is [C-]#[N+]c1c(C(=O)OC2C(C)CC(C)CC2C)c2nc(-c3ccc(OC)c(C)c3)[nH]n2c1C(=O)N1CCOCC1. The van der Waals surface area contributed by atoms with Crippen molar-refractivity contribution in [1.29, 1.82) is 0 Å². The number of esters is 1. The quantitative estimate of drug-likeness (QED) is 0.370. The zero-order valence-corrected chi connectivity index (χ0v) is 23.1. The lowest BCUT2D eigenvalue weighted by Crippen LogP contribution is -2.41. The fraction of sp³-hybridized carbons (Fsp3) is 0.517. The fourth-order valence-corrected chi connectivity index (χ4v) is 6.17. The van der Waals surface area contributed by atoms with E-state index < -0.39 is 5.97 Å². The first-order chi connectivity index (χ1) is 18.7. The van der Waals surface area contributed by atoms with E-state index in [1.54, 1.807) is 12.0 Å². The molecule has 2 fully saturated rings. The number of fused-ring (bicyclic) bond motifs is 1. The van der Waals surface area contributed by atoms with Gasteiger partial charge in [0.25, 0.3) is 5.91 Å². The Morgan fingerprint density at radius 3 is 2.46 bits per heavy atom. The molecule has 10 nitrogen and oxygen atoms in total. The minimum atomic E-state index is -0.623. The summed E-state index contributed by atoms with van der Waals surface area (Å²) in [6.07, 6.45) is 1.66. The monoisotopic (exact) mass is 533 g/mol. The third-order valence-electron chi connectivity index (χ3n) is 7.95. The van der Waals surface area contributed by atoms with Crippen LogP contribution in [0, 0.1) is 31.2 Å². The Hall–Kier alpha value is -3.84. The Morgan fingerprint density at radius 1 is 1.15 bits per heavy atom. The van der Waals surface area contributed by atoms with Gasteiger partial charge in [-0.3, -0.25) is 9.89 Å². The summed E-state index contributed by atoms with van der Waals surface area (Å²) in [7, 11) is 1.61. The van der Waals surface area contributed by atoms with Crippen LogP contribution in [0.4, 0.5) is 5.69 Å². The number of nitrogens with one attached hydrogen (secondary N) is 1. The Bertz CT molecular complexity index is 1430. The average molecular weight is 534 g/mol. The van der Waals surface area contributed by atoms with Gasteiger partial charge in [-0.15, -0.1) is 0 Å². The van der Waals surface area contributed by atoms with Crippen molar-refractivity contribution < 1.29 is 23.8 Å². The Morgan fingerprint density at radius 2 is 1.85 bits per heavy atom. The number of hydrogen-bond acceptors (Lipinski definition) is 6. The van der Waals surface area contributed by atoms with E-state index in [1.807, 2.05) is 25.1 Å². The Labute approximate surface area is 228 Å². The van der Waals surface area contributed by atoms with Crippen molar-refractivity contribution in [2.75, 3.05) is 33.4 Å². The molecule has 2 aliphatic rings. The van der Waals surface area contributed by atoms with Gasteiger partial charge in [-0.2, -0.15) is 0 Å². The highest BCUT2D eigenvalue weighted by Crippen LogP contribution is 2.38. The van der Waals surface area contributed by atoms with Gasteiger partial charge in [0.2, 0.25) is 5.69 Å². The van der Waals surface area contributed by atoms with Gasteiger partial charge in [0.15, 0.2) is 11.5 Å². The zero-order valence-electron chi connectivity index (χ0n) is 23.1. The molecule has 2 unspecified atom stereocenters. The average Bonchev–Trinajstić information content (AvgIpc) is 3.47. The van der Waals surface area contributed by atoms with E-state index in [1.165, 1.54) is 4.52 Å². The van der Waals surface area contributed by atoms with Crippen LogP contribution in [0.2, 0.25) is 0 Å². The summed E-state index contributed by atoms with van der Waals surface area (Å²) in [5, 5.41) is 3.18. The topological polar surface area (TPSA) is 103 Å². The summed E-state index contributed by atoms with van der Waals surface area (Å²) in [4.78, 5) is 37.6. The van der Waals surface area contributed by atoms with Crippen LogP contribution in [0.25, 0.3) is 21.9 Å². The second-order valence-electron chi connectivity index (χ2n) is 10.9. The van der Waals surface area contributed by atoms with Gasteiger partial charge in [-0.05, 0) is 61.3 Å². The van der Waals surface area contributed by atoms with Crippen LogP contribution in [0.5, 0.6) is 5.75 Å². The molecule has 2 atom stereocenters. The van der Waals surface area contributed by atoms with Crippen LogP contribution in [-0.4, -0.2) is 70.9 Å². The summed E-state index contributed by atoms with van der Waals surface area (Å²) in [6, 6.07) is 5.61. The number of carbonyl (C=O) groups excluding carboxylic acids is 2. The number of morpholine rings is 1. The lowest BCUT2D eigenvalue weighted by atomic mass is 9.75. The van der Waals surface area contributed by atoms with E-state index in [4.69, 9.17) is 25.8 Å². The minimum absolute atomic E-state index is 0.0207. The largest absolute Gasteiger partial charge is 0.496 e. The molecule has 3 heterocycles. The lowest BCUT2D eigenvalue weighted by molar-refractivity contribution is -0.0249. The number of methoxy groups -OCH3 is 1. The Kier molecular flexibility index (Phi) is 7.36. The van der Waals surface area contributed by atoms with Gasteiger partial charge in [-0.25, -0.2) is 19.1 Å². The second-order valence-corrected chi connectivity index (χ2v) is 10.9. The highest BCUT2D eigenvalue weighted by Gasteiger charge is 2.38. The van der Waals surface area contributed by atoms with Crippen molar-refractivity contribution in [2.24, 2.45) is 17.8 Å². The molecule has 0 spiro atoms. The molecule has 1 aliphatic heterocycles. The number of ether oxygens (including phenoxy) is 3. The normalized spacial score (nSPS) is 23.4. The number of aromatic nitrogens is 3. The predicted octanol–water partition coefficient (Wildman–Crippen LogP) is 4.90. The van der Waals surface area contributed by atoms with Gasteiger partial charge < -0.3 is 19.1 Å². The standard InChI is InChI=1S/C29H35N5O5/c1-16-13-18(3)25(19(4)14-16)39-29(36)22-23(30-5)24(28(35)33-9-11-38-12-10-33)34-27(22)31-26(32-34)20-7-8-21(37-6)17(2)15-20/h7-8,15-16,18-19,25H,9-14H2,1-4,6H3,(H,31,32). The second kappa shape index (κ2) is 10.7. The van der Waals surface area contributed by atoms with Crippen LogP contribution in [0.15, 0.2) is 18.2 Å². The zero-order chi connectivity index (χ0) is 27.8. The number of amides is 1. The van der Waals surface area contributed by atoms with Crippen molar-refractivity contribution in [2.45, 2.75) is 46.6 Å². The van der Waals surface area contributed by atoms with Crippen LogP contribution in [0.1, 0.15) is 60.0 Å². The maximum Gasteiger partial charge on any atom is 0.331 e.